The summed E-state index contributed by atoms with van der Waals surface area (Å²) in [4.78, 5) is 41.3. The summed E-state index contributed by atoms with van der Waals surface area (Å²) in [5.74, 6) is -0.457. The van der Waals surface area contributed by atoms with Gasteiger partial charge in [-0.2, -0.15) is 10.2 Å². The smallest absolute Gasteiger partial charge is 0.332 e. The summed E-state index contributed by atoms with van der Waals surface area (Å²) in [7, 11) is 1.43. The van der Waals surface area contributed by atoms with E-state index >= 15 is 0 Å². The molecule has 38 heavy (non-hydrogen) atoms. The van der Waals surface area contributed by atoms with Gasteiger partial charge in [0.15, 0.2) is 0 Å². The number of hydrogen-bond acceptors (Lipinski definition) is 9. The third-order valence-electron chi connectivity index (χ3n) is 6.44. The summed E-state index contributed by atoms with van der Waals surface area (Å²) in [6.07, 6.45) is 2.07. The van der Waals surface area contributed by atoms with Gasteiger partial charge in [0.2, 0.25) is 5.91 Å². The highest BCUT2D eigenvalue weighted by atomic mass is 32.1. The Hall–Kier alpha value is -3.88. The van der Waals surface area contributed by atoms with Crippen molar-refractivity contribution in [2.24, 2.45) is 0 Å². The highest BCUT2D eigenvalue weighted by Gasteiger charge is 2.31. The number of aliphatic hydroxyl groups excluding tert-OH is 1. The third kappa shape index (κ3) is 4.50. The number of aliphatic hydroxyl groups is 1. The minimum absolute atomic E-state index is 0.0143. The molecular formula is C24H25FN6O6S. The highest BCUT2D eigenvalue weighted by Crippen LogP contribution is 2.34. The molecule has 0 saturated carbocycles. The summed E-state index contributed by atoms with van der Waals surface area (Å²) in [6.45, 7) is 1.36. The van der Waals surface area contributed by atoms with E-state index in [-0.39, 0.29) is 44.0 Å². The molecule has 1 aliphatic rings. The van der Waals surface area contributed by atoms with Gasteiger partial charge in [0, 0.05) is 24.1 Å². The lowest BCUT2D eigenvalue weighted by molar-refractivity contribution is -0.119. The molecule has 0 bridgehead atoms. The Balaban J connectivity index is 1.75. The largest absolute Gasteiger partial charge is 0.496 e. The molecule has 2 N–H and O–H groups in total. The van der Waals surface area contributed by atoms with Crippen LogP contribution in [0.4, 0.5) is 4.39 Å². The average Bonchev–Trinajstić information content (AvgIpc) is 3.64. The fraction of sp³-hybridized carbons (Fsp3) is 0.375. The Bertz CT molecular complexity index is 1610. The molecular weight excluding hydrogens is 519 g/mol. The summed E-state index contributed by atoms with van der Waals surface area (Å²) < 4.78 is 28.0. The number of amides is 1. The molecule has 5 rings (SSSR count). The maximum atomic E-state index is 14.3. The van der Waals surface area contributed by atoms with Gasteiger partial charge < -0.3 is 19.9 Å². The Kier molecular flexibility index (Phi) is 7.10. The SMILES string of the molecule is COc1ccc(F)cc1C(Cn1c(=O)n(C2CNC(=O)C2)c(=O)c2c(C)c(-n3nccn3)sc21)OCCO. The van der Waals surface area contributed by atoms with Crippen LogP contribution in [0, 0.1) is 12.7 Å². The van der Waals surface area contributed by atoms with Crippen LogP contribution >= 0.6 is 11.3 Å². The second kappa shape index (κ2) is 10.5. The van der Waals surface area contributed by atoms with E-state index in [9.17, 15) is 23.9 Å². The van der Waals surface area contributed by atoms with Crippen molar-refractivity contribution in [3.8, 4) is 10.8 Å². The first kappa shape index (κ1) is 25.8. The van der Waals surface area contributed by atoms with Crippen molar-refractivity contribution in [3.63, 3.8) is 0 Å². The standard InChI is InChI=1S/C24H25FN6O6S/c1-13-20-21(34)30(15-10-19(33)26-11-15)24(35)29(23(20)38-22(13)31-27-5-6-28-31)12-18(37-8-7-32)16-9-14(25)3-4-17(16)36-2/h3-6,9,15,18,32H,7-8,10-12H2,1-2H3,(H,26,33). The van der Waals surface area contributed by atoms with Crippen molar-refractivity contribution in [2.45, 2.75) is 32.0 Å². The lowest BCUT2D eigenvalue weighted by atomic mass is 10.1. The normalized spacial score (nSPS) is 16.2. The van der Waals surface area contributed by atoms with Crippen LogP contribution in [0.2, 0.25) is 0 Å². The Morgan fingerprint density at radius 2 is 2.03 bits per heavy atom. The minimum Gasteiger partial charge on any atom is -0.496 e. The van der Waals surface area contributed by atoms with Crippen molar-refractivity contribution in [3.05, 3.63) is 68.4 Å². The average molecular weight is 545 g/mol. The molecule has 0 spiro atoms. The molecule has 4 heterocycles. The zero-order valence-electron chi connectivity index (χ0n) is 20.6. The van der Waals surface area contributed by atoms with Crippen LogP contribution in [0.25, 0.3) is 15.2 Å². The number of methoxy groups -OCH3 is 1. The number of fused-ring (bicyclic) bond motifs is 1. The number of rotatable bonds is 9. The maximum absolute atomic E-state index is 14.3. The number of carbonyl (C=O) groups is 1. The van der Waals surface area contributed by atoms with Gasteiger partial charge in [-0.3, -0.25) is 18.7 Å². The third-order valence-corrected chi connectivity index (χ3v) is 7.72. The lowest BCUT2D eigenvalue weighted by Crippen LogP contribution is -2.43. The molecule has 1 fully saturated rings. The van der Waals surface area contributed by atoms with E-state index in [4.69, 9.17) is 9.47 Å². The first-order chi connectivity index (χ1) is 18.3. The van der Waals surface area contributed by atoms with E-state index in [1.54, 1.807) is 6.92 Å². The minimum atomic E-state index is -0.920. The van der Waals surface area contributed by atoms with Gasteiger partial charge in [0.25, 0.3) is 5.56 Å². The predicted molar refractivity (Wildman–Crippen MR) is 135 cm³/mol. The number of thiophene rings is 1. The van der Waals surface area contributed by atoms with E-state index in [2.05, 4.69) is 15.5 Å². The monoisotopic (exact) mass is 544 g/mol. The van der Waals surface area contributed by atoms with Crippen molar-refractivity contribution in [1.82, 2.24) is 29.4 Å². The molecule has 12 nitrogen and oxygen atoms in total. The topological polar surface area (TPSA) is 142 Å². The van der Waals surface area contributed by atoms with Crippen molar-refractivity contribution >= 4 is 27.5 Å². The number of ether oxygens (including phenoxy) is 2. The molecule has 2 atom stereocenters. The summed E-state index contributed by atoms with van der Waals surface area (Å²) >= 11 is 1.16. The molecule has 1 aromatic carbocycles. The molecule has 2 unspecified atom stereocenters. The van der Waals surface area contributed by atoms with E-state index < -0.39 is 29.2 Å². The van der Waals surface area contributed by atoms with Gasteiger partial charge >= 0.3 is 5.69 Å². The van der Waals surface area contributed by atoms with Crippen molar-refractivity contribution in [2.75, 3.05) is 26.9 Å². The molecule has 1 saturated heterocycles. The molecule has 0 radical (unpaired) electrons. The number of hydrogen-bond donors (Lipinski definition) is 2. The number of benzene rings is 1. The number of aromatic nitrogens is 5. The van der Waals surface area contributed by atoms with E-state index in [1.165, 1.54) is 47.1 Å². The predicted octanol–water partition coefficient (Wildman–Crippen LogP) is 1.07. The quantitative estimate of drug-likeness (QED) is 0.319. The number of nitrogens with one attached hydrogen (secondary N) is 1. The van der Waals surface area contributed by atoms with E-state index in [1.807, 2.05) is 0 Å². The van der Waals surface area contributed by atoms with Crippen LogP contribution in [0.5, 0.6) is 5.75 Å². The van der Waals surface area contributed by atoms with Crippen LogP contribution in [0.1, 0.15) is 29.7 Å². The summed E-state index contributed by atoms with van der Waals surface area (Å²) in [5.41, 5.74) is -0.259. The zero-order valence-corrected chi connectivity index (χ0v) is 21.4. The fourth-order valence-electron chi connectivity index (χ4n) is 4.68. The lowest BCUT2D eigenvalue weighted by Gasteiger charge is -2.23. The summed E-state index contributed by atoms with van der Waals surface area (Å²) in [6, 6.07) is 3.26. The van der Waals surface area contributed by atoms with Crippen molar-refractivity contribution in [1.29, 1.82) is 0 Å². The molecule has 1 amide bonds. The Labute approximate surface area is 218 Å². The Morgan fingerprint density at radius 3 is 2.68 bits per heavy atom. The Morgan fingerprint density at radius 1 is 1.26 bits per heavy atom. The highest BCUT2D eigenvalue weighted by molar-refractivity contribution is 7.21. The van der Waals surface area contributed by atoms with Gasteiger partial charge in [0.1, 0.15) is 27.5 Å². The number of nitrogens with zero attached hydrogens (tertiary/aromatic N) is 5. The first-order valence-corrected chi connectivity index (χ1v) is 12.6. The molecule has 0 aliphatic carbocycles. The number of carbonyl (C=O) groups excluding carboxylic acids is 1. The van der Waals surface area contributed by atoms with Gasteiger partial charge in [0.05, 0.1) is 50.7 Å². The number of aryl methyl sites for hydroxylation is 1. The van der Waals surface area contributed by atoms with Gasteiger partial charge in [-0.15, -0.1) is 4.80 Å². The fourth-order valence-corrected chi connectivity index (χ4v) is 5.90. The molecule has 1 aliphatic heterocycles. The van der Waals surface area contributed by atoms with Crippen molar-refractivity contribution < 1.29 is 23.8 Å². The van der Waals surface area contributed by atoms with Gasteiger partial charge in [-0.05, 0) is 25.1 Å². The van der Waals surface area contributed by atoms with E-state index in [0.717, 1.165) is 15.9 Å². The van der Waals surface area contributed by atoms with Crippen LogP contribution in [0.3, 0.4) is 0 Å². The van der Waals surface area contributed by atoms with Crippen LogP contribution < -0.4 is 21.3 Å². The second-order valence-electron chi connectivity index (χ2n) is 8.73. The van der Waals surface area contributed by atoms with Crippen LogP contribution in [-0.4, -0.2) is 62.0 Å². The first-order valence-electron chi connectivity index (χ1n) is 11.8. The van der Waals surface area contributed by atoms with Crippen LogP contribution in [0.15, 0.2) is 40.2 Å². The molecule has 4 aromatic rings. The number of halogens is 1. The molecule has 200 valence electrons. The molecule has 3 aromatic heterocycles. The second-order valence-corrected chi connectivity index (χ2v) is 9.71. The zero-order chi connectivity index (χ0) is 27.0. The maximum Gasteiger partial charge on any atom is 0.332 e. The van der Waals surface area contributed by atoms with Gasteiger partial charge in [-0.1, -0.05) is 11.3 Å². The summed E-state index contributed by atoms with van der Waals surface area (Å²) in [5, 5.41) is 21.3. The van der Waals surface area contributed by atoms with Gasteiger partial charge in [-0.25, -0.2) is 9.18 Å². The van der Waals surface area contributed by atoms with E-state index in [0.29, 0.717) is 26.7 Å². The van der Waals surface area contributed by atoms with Crippen LogP contribution in [-0.2, 0) is 16.1 Å². The molecule has 14 heteroatoms.